The van der Waals surface area contributed by atoms with Crippen LogP contribution in [0, 0.1) is 5.82 Å². The summed E-state index contributed by atoms with van der Waals surface area (Å²) in [6.45, 7) is 0. The first-order valence-corrected chi connectivity index (χ1v) is 4.58. The molecule has 72 valence electrons. The molecule has 0 saturated carbocycles. The van der Waals surface area contributed by atoms with Crippen molar-refractivity contribution >= 4 is 27.5 Å². The van der Waals surface area contributed by atoms with Gasteiger partial charge in [-0.05, 0) is 15.9 Å². The average molecular weight is 274 g/mol. The summed E-state index contributed by atoms with van der Waals surface area (Å²) in [4.78, 5) is 3.45. The summed E-state index contributed by atoms with van der Waals surface area (Å²) in [5.74, 6) is -0.879. The highest BCUT2D eigenvalue weighted by atomic mass is 79.9. The molecule has 13 heavy (non-hydrogen) atoms. The molecule has 1 heterocycles. The molecule has 0 aliphatic rings. The number of hydrogen-bond acceptors (Lipinski definition) is 1. The van der Waals surface area contributed by atoms with Crippen LogP contribution < -0.4 is 0 Å². The molecular weight excluding hydrogens is 270 g/mol. The number of halogens is 5. The summed E-state index contributed by atoms with van der Waals surface area (Å²) in [5, 5.41) is 0. The van der Waals surface area contributed by atoms with Crippen LogP contribution in [-0.4, -0.2) is 4.98 Å². The molecule has 0 aliphatic heterocycles. The van der Waals surface area contributed by atoms with E-state index in [1.807, 2.05) is 0 Å². The Labute approximate surface area is 86.0 Å². The van der Waals surface area contributed by atoms with Gasteiger partial charge in [0.25, 0.3) is 6.43 Å². The van der Waals surface area contributed by atoms with Gasteiger partial charge in [0.05, 0.1) is 5.88 Å². The molecule has 0 unspecified atom stereocenters. The Morgan fingerprint density at radius 1 is 1.54 bits per heavy atom. The SMILES string of the molecule is Fc1cc(C(F)F)nc(Br)c1CCl. The van der Waals surface area contributed by atoms with E-state index < -0.39 is 17.9 Å². The van der Waals surface area contributed by atoms with E-state index >= 15 is 0 Å². The molecule has 0 amide bonds. The van der Waals surface area contributed by atoms with Gasteiger partial charge in [0.2, 0.25) is 0 Å². The van der Waals surface area contributed by atoms with E-state index in [2.05, 4.69) is 20.9 Å². The topological polar surface area (TPSA) is 12.9 Å². The molecule has 1 nitrogen and oxygen atoms in total. The zero-order valence-electron chi connectivity index (χ0n) is 6.20. The van der Waals surface area contributed by atoms with Crippen LogP contribution >= 0.6 is 27.5 Å². The van der Waals surface area contributed by atoms with Crippen molar-refractivity contribution in [2.45, 2.75) is 12.3 Å². The standard InChI is InChI=1S/C7H4BrClF3N/c8-6-3(2-9)4(10)1-5(13-6)7(11)12/h1,7H,2H2. The smallest absolute Gasteiger partial charge is 0.239 e. The summed E-state index contributed by atoms with van der Waals surface area (Å²) in [6.07, 6.45) is -2.78. The Hall–Kier alpha value is -0.290. The lowest BCUT2D eigenvalue weighted by Crippen LogP contribution is -1.98. The number of hydrogen-bond donors (Lipinski definition) is 0. The second-order valence-corrected chi connectivity index (χ2v) is 3.25. The number of aromatic nitrogens is 1. The first kappa shape index (κ1) is 10.8. The predicted molar refractivity (Wildman–Crippen MR) is 46.4 cm³/mol. The highest BCUT2D eigenvalue weighted by molar-refractivity contribution is 9.10. The number of pyridine rings is 1. The molecule has 0 saturated heterocycles. The van der Waals surface area contributed by atoms with Crippen molar-refractivity contribution in [3.63, 3.8) is 0 Å². The third kappa shape index (κ3) is 2.34. The fraction of sp³-hybridized carbons (Fsp3) is 0.286. The van der Waals surface area contributed by atoms with Crippen LogP contribution in [0.1, 0.15) is 17.7 Å². The van der Waals surface area contributed by atoms with Crippen LogP contribution in [0.3, 0.4) is 0 Å². The van der Waals surface area contributed by atoms with Crippen LogP contribution in [0.2, 0.25) is 0 Å². The quantitative estimate of drug-likeness (QED) is 0.592. The Balaban J connectivity index is 3.20. The van der Waals surface area contributed by atoms with Crippen LogP contribution in [0.4, 0.5) is 13.2 Å². The Bertz CT molecular complexity index is 296. The molecule has 0 bridgehead atoms. The second-order valence-electron chi connectivity index (χ2n) is 2.23. The number of alkyl halides is 3. The molecule has 1 aromatic heterocycles. The van der Waals surface area contributed by atoms with E-state index in [1.165, 1.54) is 0 Å². The van der Waals surface area contributed by atoms with Gasteiger partial charge < -0.3 is 0 Å². The summed E-state index contributed by atoms with van der Waals surface area (Å²) < 4.78 is 37.2. The van der Waals surface area contributed by atoms with Crippen molar-refractivity contribution in [2.24, 2.45) is 0 Å². The Kier molecular flexibility index (Phi) is 3.55. The minimum absolute atomic E-state index is 0.0257. The van der Waals surface area contributed by atoms with Gasteiger partial charge in [0.1, 0.15) is 16.1 Å². The first-order chi connectivity index (χ1) is 6.06. The van der Waals surface area contributed by atoms with Crippen molar-refractivity contribution in [3.8, 4) is 0 Å². The average Bonchev–Trinajstić information content (AvgIpc) is 2.03. The third-order valence-corrected chi connectivity index (χ3v) is 2.32. The fourth-order valence-electron chi connectivity index (χ4n) is 0.759. The van der Waals surface area contributed by atoms with Gasteiger partial charge in [-0.25, -0.2) is 18.2 Å². The summed E-state index contributed by atoms with van der Waals surface area (Å²) in [5.41, 5.74) is -0.510. The van der Waals surface area contributed by atoms with E-state index in [1.54, 1.807) is 0 Å². The zero-order valence-corrected chi connectivity index (χ0v) is 8.54. The lowest BCUT2D eigenvalue weighted by Gasteiger charge is -2.04. The van der Waals surface area contributed by atoms with Gasteiger partial charge in [-0.2, -0.15) is 0 Å². The van der Waals surface area contributed by atoms with E-state index in [9.17, 15) is 13.2 Å². The molecule has 0 fully saturated rings. The van der Waals surface area contributed by atoms with E-state index in [4.69, 9.17) is 11.6 Å². The fourth-order valence-corrected chi connectivity index (χ4v) is 1.71. The maximum Gasteiger partial charge on any atom is 0.280 e. The zero-order chi connectivity index (χ0) is 10.0. The van der Waals surface area contributed by atoms with Gasteiger partial charge in [-0.15, -0.1) is 11.6 Å². The van der Waals surface area contributed by atoms with Gasteiger partial charge >= 0.3 is 0 Å². The maximum absolute atomic E-state index is 13.0. The van der Waals surface area contributed by atoms with E-state index in [0.29, 0.717) is 6.07 Å². The van der Waals surface area contributed by atoms with Crippen LogP contribution in [0.25, 0.3) is 0 Å². The van der Waals surface area contributed by atoms with Crippen LogP contribution in [0.15, 0.2) is 10.7 Å². The minimum Gasteiger partial charge on any atom is -0.239 e. The summed E-state index contributed by atoms with van der Waals surface area (Å²) in [6, 6.07) is 0.688. The van der Waals surface area contributed by atoms with E-state index in [-0.39, 0.29) is 16.0 Å². The highest BCUT2D eigenvalue weighted by Gasteiger charge is 2.15. The van der Waals surface area contributed by atoms with Crippen LogP contribution in [0.5, 0.6) is 0 Å². The lowest BCUT2D eigenvalue weighted by molar-refractivity contribution is 0.145. The molecule has 0 aromatic carbocycles. The normalized spacial score (nSPS) is 10.9. The minimum atomic E-state index is -2.78. The highest BCUT2D eigenvalue weighted by Crippen LogP contribution is 2.25. The van der Waals surface area contributed by atoms with Crippen molar-refractivity contribution < 1.29 is 13.2 Å². The molecule has 6 heteroatoms. The Morgan fingerprint density at radius 2 is 2.15 bits per heavy atom. The summed E-state index contributed by atoms with van der Waals surface area (Å²) in [7, 11) is 0. The van der Waals surface area contributed by atoms with Gasteiger partial charge in [0.15, 0.2) is 0 Å². The van der Waals surface area contributed by atoms with Crippen molar-refractivity contribution in [2.75, 3.05) is 0 Å². The second kappa shape index (κ2) is 4.28. The Morgan fingerprint density at radius 3 is 2.54 bits per heavy atom. The molecule has 0 spiro atoms. The first-order valence-electron chi connectivity index (χ1n) is 3.25. The van der Waals surface area contributed by atoms with Crippen molar-refractivity contribution in [1.29, 1.82) is 0 Å². The van der Waals surface area contributed by atoms with Gasteiger partial charge in [0, 0.05) is 11.6 Å². The number of nitrogens with zero attached hydrogens (tertiary/aromatic N) is 1. The largest absolute Gasteiger partial charge is 0.280 e. The van der Waals surface area contributed by atoms with Crippen molar-refractivity contribution in [3.05, 3.63) is 27.7 Å². The van der Waals surface area contributed by atoms with E-state index in [0.717, 1.165) is 0 Å². The summed E-state index contributed by atoms with van der Waals surface area (Å²) >= 11 is 8.23. The lowest BCUT2D eigenvalue weighted by atomic mass is 10.2. The molecule has 0 radical (unpaired) electrons. The van der Waals surface area contributed by atoms with Gasteiger partial charge in [-0.3, -0.25) is 0 Å². The molecule has 1 aromatic rings. The third-order valence-electron chi connectivity index (χ3n) is 1.40. The molecule has 0 aliphatic carbocycles. The van der Waals surface area contributed by atoms with Crippen LogP contribution in [-0.2, 0) is 5.88 Å². The van der Waals surface area contributed by atoms with Gasteiger partial charge in [-0.1, -0.05) is 0 Å². The maximum atomic E-state index is 13.0. The molecule has 1 rings (SSSR count). The molecule has 0 N–H and O–H groups in total. The molecule has 0 atom stereocenters. The predicted octanol–water partition coefficient (Wildman–Crippen LogP) is 3.66. The van der Waals surface area contributed by atoms with Crippen molar-refractivity contribution in [1.82, 2.24) is 4.98 Å². The molecular formula is C7H4BrClF3N. The number of rotatable bonds is 2. The monoisotopic (exact) mass is 273 g/mol.